The molecule has 2 unspecified atom stereocenters. The number of aromatic nitrogens is 2. The van der Waals surface area contributed by atoms with Gasteiger partial charge < -0.3 is 16.2 Å². The first kappa shape index (κ1) is 17.5. The SMILES string of the molecule is CC(C)OP1(=O)OC[C@H]2OC(n3ccc(N)nc3=O)[C@](C)(N)[C@@H]2O1. The highest BCUT2D eigenvalue weighted by atomic mass is 31.2. The lowest BCUT2D eigenvalue weighted by atomic mass is 9.93. The molecule has 0 saturated carbocycles. The van der Waals surface area contributed by atoms with E-state index in [2.05, 4.69) is 4.98 Å². The minimum atomic E-state index is -3.74. The van der Waals surface area contributed by atoms with Crippen LogP contribution in [0.2, 0.25) is 0 Å². The Labute approximate surface area is 138 Å². The van der Waals surface area contributed by atoms with Gasteiger partial charge in [-0.1, -0.05) is 0 Å². The van der Waals surface area contributed by atoms with Crippen LogP contribution in [0.25, 0.3) is 0 Å². The number of hydrogen-bond acceptors (Lipinski definition) is 9. The molecule has 10 nitrogen and oxygen atoms in total. The van der Waals surface area contributed by atoms with Crippen molar-refractivity contribution in [3.05, 3.63) is 22.7 Å². The minimum absolute atomic E-state index is 0.0187. The van der Waals surface area contributed by atoms with Gasteiger partial charge in [0, 0.05) is 6.20 Å². The highest BCUT2D eigenvalue weighted by Gasteiger charge is 2.59. The topological polar surface area (TPSA) is 141 Å². The highest BCUT2D eigenvalue weighted by Crippen LogP contribution is 2.58. The highest BCUT2D eigenvalue weighted by molar-refractivity contribution is 7.48. The molecule has 11 heteroatoms. The molecular formula is C13H21N4O6P. The van der Waals surface area contributed by atoms with E-state index in [-0.39, 0.29) is 18.5 Å². The smallest absolute Gasteiger partial charge is 0.383 e. The fourth-order valence-corrected chi connectivity index (χ4v) is 4.51. The van der Waals surface area contributed by atoms with E-state index in [0.717, 1.165) is 0 Å². The number of ether oxygens (including phenoxy) is 1. The summed E-state index contributed by atoms with van der Waals surface area (Å²) in [4.78, 5) is 15.7. The van der Waals surface area contributed by atoms with Crippen molar-refractivity contribution < 1.29 is 22.9 Å². The van der Waals surface area contributed by atoms with Crippen molar-refractivity contribution in [3.8, 4) is 0 Å². The standard InChI is InChI=1S/C13H21N4O6P/c1-7(2)22-24(19)20-6-8-10(23-24)13(3,15)11(21-8)17-5-4-9(14)16-12(17)18/h4-5,7-8,10-11H,6,15H2,1-3H3,(H2,14,16,18)/t8-,10-,11?,13-,24?/m1/s1. The summed E-state index contributed by atoms with van der Waals surface area (Å²) in [6, 6.07) is 1.47. The predicted octanol–water partition coefficient (Wildman–Crippen LogP) is 0.389. The third kappa shape index (κ3) is 3.01. The number of phosphoric ester groups is 1. The van der Waals surface area contributed by atoms with Gasteiger partial charge in [0.1, 0.15) is 18.0 Å². The second-order valence-electron chi connectivity index (χ2n) is 6.36. The molecule has 0 aromatic carbocycles. The zero-order valence-corrected chi connectivity index (χ0v) is 14.5. The molecule has 5 atom stereocenters. The van der Waals surface area contributed by atoms with E-state index in [4.69, 9.17) is 29.8 Å². The van der Waals surface area contributed by atoms with Crippen LogP contribution in [0.3, 0.4) is 0 Å². The second-order valence-corrected chi connectivity index (χ2v) is 7.93. The van der Waals surface area contributed by atoms with Crippen molar-refractivity contribution in [1.82, 2.24) is 9.55 Å². The predicted molar refractivity (Wildman–Crippen MR) is 84.1 cm³/mol. The summed E-state index contributed by atoms with van der Waals surface area (Å²) in [7, 11) is -3.74. The monoisotopic (exact) mass is 360 g/mol. The van der Waals surface area contributed by atoms with E-state index < -0.39 is 37.5 Å². The number of nitrogen functional groups attached to an aromatic ring is 1. The van der Waals surface area contributed by atoms with Gasteiger partial charge in [0.25, 0.3) is 0 Å². The molecule has 3 heterocycles. The summed E-state index contributed by atoms with van der Waals surface area (Å²) in [6.07, 6.45) is -1.14. The molecular weight excluding hydrogens is 339 g/mol. The molecule has 2 aliphatic rings. The third-order valence-electron chi connectivity index (χ3n) is 3.87. The lowest BCUT2D eigenvalue weighted by molar-refractivity contribution is -0.0748. The van der Waals surface area contributed by atoms with Gasteiger partial charge in [-0.05, 0) is 26.8 Å². The molecule has 1 aromatic rings. The lowest BCUT2D eigenvalue weighted by Gasteiger charge is -2.36. The molecule has 0 bridgehead atoms. The summed E-state index contributed by atoms with van der Waals surface area (Å²) >= 11 is 0. The molecule has 24 heavy (non-hydrogen) atoms. The molecule has 0 radical (unpaired) electrons. The Morgan fingerprint density at radius 1 is 1.54 bits per heavy atom. The largest absolute Gasteiger partial charge is 0.475 e. The first-order chi connectivity index (χ1) is 11.1. The van der Waals surface area contributed by atoms with Gasteiger partial charge in [-0.15, -0.1) is 0 Å². The summed E-state index contributed by atoms with van der Waals surface area (Å²) < 4.78 is 35.6. The van der Waals surface area contributed by atoms with Crippen LogP contribution in [0.15, 0.2) is 17.1 Å². The van der Waals surface area contributed by atoms with E-state index in [9.17, 15) is 9.36 Å². The van der Waals surface area contributed by atoms with Gasteiger partial charge in [-0.2, -0.15) is 4.98 Å². The molecule has 0 aliphatic carbocycles. The average molecular weight is 360 g/mol. The molecule has 0 spiro atoms. The maximum atomic E-state index is 12.6. The van der Waals surface area contributed by atoms with Gasteiger partial charge in [0.05, 0.1) is 18.2 Å². The number of rotatable bonds is 3. The van der Waals surface area contributed by atoms with Crippen LogP contribution in [-0.2, 0) is 22.9 Å². The molecule has 2 aliphatic heterocycles. The van der Waals surface area contributed by atoms with Crippen molar-refractivity contribution in [2.45, 2.75) is 50.8 Å². The summed E-state index contributed by atoms with van der Waals surface area (Å²) in [5, 5.41) is 0. The van der Waals surface area contributed by atoms with Crippen LogP contribution >= 0.6 is 7.82 Å². The van der Waals surface area contributed by atoms with Crippen LogP contribution < -0.4 is 17.2 Å². The fraction of sp³-hybridized carbons (Fsp3) is 0.692. The molecule has 3 rings (SSSR count). The van der Waals surface area contributed by atoms with Gasteiger partial charge in [-0.25, -0.2) is 9.36 Å². The Hall–Kier alpha value is -1.29. The quantitative estimate of drug-likeness (QED) is 0.732. The van der Waals surface area contributed by atoms with E-state index in [1.807, 2.05) is 0 Å². The Morgan fingerprint density at radius 3 is 2.88 bits per heavy atom. The molecule has 0 amide bonds. The van der Waals surface area contributed by atoms with Crippen LogP contribution in [0.5, 0.6) is 0 Å². The summed E-state index contributed by atoms with van der Waals surface area (Å²) in [5.74, 6) is 0.0970. The van der Waals surface area contributed by atoms with Crippen molar-refractivity contribution in [2.24, 2.45) is 5.73 Å². The van der Waals surface area contributed by atoms with Gasteiger partial charge in [-0.3, -0.25) is 18.1 Å². The van der Waals surface area contributed by atoms with E-state index >= 15 is 0 Å². The van der Waals surface area contributed by atoms with Crippen LogP contribution in [0.4, 0.5) is 5.82 Å². The number of nitrogens with two attached hydrogens (primary N) is 2. The Morgan fingerprint density at radius 2 is 2.25 bits per heavy atom. The Kier molecular flexibility index (Phi) is 4.31. The third-order valence-corrected chi connectivity index (χ3v) is 5.50. The van der Waals surface area contributed by atoms with Crippen molar-refractivity contribution >= 4 is 13.6 Å². The second kappa shape index (κ2) is 5.91. The van der Waals surface area contributed by atoms with Gasteiger partial charge in [0.2, 0.25) is 0 Å². The molecule has 134 valence electrons. The maximum absolute atomic E-state index is 12.6. The van der Waals surface area contributed by atoms with Crippen molar-refractivity contribution in [3.63, 3.8) is 0 Å². The molecule has 1 aromatic heterocycles. The summed E-state index contributed by atoms with van der Waals surface area (Å²) in [5.41, 5.74) is 10.1. The number of anilines is 1. The van der Waals surface area contributed by atoms with E-state index in [1.54, 1.807) is 20.8 Å². The summed E-state index contributed by atoms with van der Waals surface area (Å²) in [6.45, 7) is 5.06. The van der Waals surface area contributed by atoms with Gasteiger partial charge >= 0.3 is 13.5 Å². The minimum Gasteiger partial charge on any atom is -0.383 e. The molecule has 2 fully saturated rings. The fourth-order valence-electron chi connectivity index (χ4n) is 2.85. The zero-order valence-electron chi connectivity index (χ0n) is 13.6. The first-order valence-electron chi connectivity index (χ1n) is 7.53. The lowest BCUT2D eigenvalue weighted by Crippen LogP contribution is -2.55. The van der Waals surface area contributed by atoms with Crippen molar-refractivity contribution in [1.29, 1.82) is 0 Å². The van der Waals surface area contributed by atoms with Crippen LogP contribution in [-0.4, -0.2) is 40.0 Å². The Bertz CT molecular complexity index is 735. The van der Waals surface area contributed by atoms with Crippen LogP contribution in [0, 0.1) is 0 Å². The molecule has 4 N–H and O–H groups in total. The normalized spacial score (nSPS) is 39.1. The van der Waals surface area contributed by atoms with Gasteiger partial charge in [0.15, 0.2) is 6.23 Å². The number of hydrogen-bond donors (Lipinski definition) is 2. The number of nitrogens with zero attached hydrogens (tertiary/aromatic N) is 2. The zero-order chi connectivity index (χ0) is 17.7. The van der Waals surface area contributed by atoms with E-state index in [1.165, 1.54) is 16.8 Å². The Balaban J connectivity index is 1.90. The van der Waals surface area contributed by atoms with E-state index in [0.29, 0.717) is 0 Å². The van der Waals surface area contributed by atoms with Crippen LogP contribution in [0.1, 0.15) is 27.0 Å². The number of phosphoric acid groups is 1. The first-order valence-corrected chi connectivity index (χ1v) is 8.99. The maximum Gasteiger partial charge on any atom is 0.475 e. The molecule has 2 saturated heterocycles. The average Bonchev–Trinajstić information content (AvgIpc) is 2.69. The number of fused-ring (bicyclic) bond motifs is 1. The van der Waals surface area contributed by atoms with Crippen molar-refractivity contribution in [2.75, 3.05) is 12.3 Å².